The van der Waals surface area contributed by atoms with Gasteiger partial charge >= 0.3 is 0 Å². The van der Waals surface area contributed by atoms with Crippen LogP contribution in [-0.2, 0) is 4.79 Å². The molecule has 0 aromatic heterocycles. The van der Waals surface area contributed by atoms with E-state index in [1.807, 2.05) is 0 Å². The Hall–Kier alpha value is -2.53. The maximum Gasteiger partial charge on any atom is 0.257 e. The predicted octanol–water partition coefficient (Wildman–Crippen LogP) is 4.85. The molecule has 0 unspecified atom stereocenters. The Morgan fingerprint density at radius 3 is 2.52 bits per heavy atom. The molecule has 4 nitrogen and oxygen atoms in total. The number of aryl methyl sites for hydroxylation is 2. The molecule has 1 heterocycles. The summed E-state index contributed by atoms with van der Waals surface area (Å²) in [6.45, 7) is 11.5. The second-order valence-electron chi connectivity index (χ2n) is 8.03. The van der Waals surface area contributed by atoms with Gasteiger partial charge in [0.25, 0.3) is 5.91 Å². The third kappa shape index (κ3) is 4.73. The monoisotopic (exact) mass is 395 g/mol. The topological polar surface area (TPSA) is 35.9 Å². The van der Waals surface area contributed by atoms with Gasteiger partial charge in [-0.1, -0.05) is 42.8 Å². The lowest BCUT2D eigenvalue weighted by molar-refractivity contribution is -0.134. The van der Waals surface area contributed by atoms with E-state index in [4.69, 9.17) is 5.10 Å². The average Bonchev–Trinajstić information content (AvgIpc) is 3.13. The van der Waals surface area contributed by atoms with Crippen LogP contribution < -0.4 is 0 Å². The minimum Gasteiger partial charge on any atom is -0.292 e. The van der Waals surface area contributed by atoms with E-state index < -0.39 is 0 Å². The van der Waals surface area contributed by atoms with Crippen LogP contribution in [0.2, 0.25) is 0 Å². The van der Waals surface area contributed by atoms with Crippen LogP contribution in [0.3, 0.4) is 0 Å². The first kappa shape index (κ1) is 21.2. The Labute approximate surface area is 173 Å². The highest BCUT2D eigenvalue weighted by Gasteiger charge is 2.34. The van der Waals surface area contributed by atoms with Gasteiger partial charge < -0.3 is 0 Å². The molecule has 29 heavy (non-hydrogen) atoms. The molecule has 3 rings (SSSR count). The summed E-state index contributed by atoms with van der Waals surface area (Å²) in [5.41, 5.74) is 5.09. The van der Waals surface area contributed by atoms with E-state index in [9.17, 15) is 9.18 Å². The number of likely N-dealkylation sites (N-methyl/N-ethyl adjacent to an activating group) is 1. The molecule has 154 valence electrons. The minimum absolute atomic E-state index is 0.0106. The number of hydrogen-bond acceptors (Lipinski definition) is 3. The Morgan fingerprint density at radius 2 is 1.90 bits per heavy atom. The highest BCUT2D eigenvalue weighted by atomic mass is 19.1. The molecule has 0 spiro atoms. The van der Waals surface area contributed by atoms with Gasteiger partial charge in [-0.2, -0.15) is 5.10 Å². The van der Waals surface area contributed by atoms with Crippen molar-refractivity contribution in [2.45, 2.75) is 53.1 Å². The summed E-state index contributed by atoms with van der Waals surface area (Å²) < 4.78 is 13.4. The van der Waals surface area contributed by atoms with Crippen LogP contribution in [0.5, 0.6) is 0 Å². The van der Waals surface area contributed by atoms with Crippen LogP contribution in [0, 0.1) is 19.7 Å². The van der Waals surface area contributed by atoms with Crippen LogP contribution in [0.15, 0.2) is 47.6 Å². The van der Waals surface area contributed by atoms with Gasteiger partial charge in [0.2, 0.25) is 0 Å². The molecular weight excluding hydrogens is 365 g/mol. The van der Waals surface area contributed by atoms with Crippen molar-refractivity contribution in [3.05, 3.63) is 70.5 Å². The van der Waals surface area contributed by atoms with Gasteiger partial charge in [0, 0.05) is 12.5 Å². The molecule has 2 aromatic carbocycles. The van der Waals surface area contributed by atoms with E-state index in [0.717, 1.165) is 34.5 Å². The van der Waals surface area contributed by atoms with Crippen LogP contribution in [0.4, 0.5) is 4.39 Å². The number of carbonyl (C=O) groups is 1. The number of halogens is 1. The van der Waals surface area contributed by atoms with E-state index >= 15 is 0 Å². The molecule has 1 aliphatic heterocycles. The van der Waals surface area contributed by atoms with Crippen molar-refractivity contribution >= 4 is 11.6 Å². The molecule has 5 heteroatoms. The number of hydrazone groups is 1. The number of benzene rings is 2. The first-order valence-corrected chi connectivity index (χ1v) is 10.3. The van der Waals surface area contributed by atoms with Gasteiger partial charge in [-0.3, -0.25) is 9.69 Å². The second-order valence-corrected chi connectivity index (χ2v) is 8.03. The zero-order chi connectivity index (χ0) is 21.1. The van der Waals surface area contributed by atoms with E-state index in [1.54, 1.807) is 17.1 Å². The molecule has 0 saturated carbocycles. The van der Waals surface area contributed by atoms with Gasteiger partial charge in [-0.25, -0.2) is 9.40 Å². The molecule has 0 aliphatic carbocycles. The fourth-order valence-electron chi connectivity index (χ4n) is 3.82. The number of amides is 1. The molecule has 0 radical (unpaired) electrons. The molecule has 1 amide bonds. The average molecular weight is 396 g/mol. The van der Waals surface area contributed by atoms with Crippen molar-refractivity contribution in [3.8, 4) is 0 Å². The highest BCUT2D eigenvalue weighted by Crippen LogP contribution is 2.35. The van der Waals surface area contributed by atoms with Crippen LogP contribution in [0.1, 0.15) is 55.5 Å². The van der Waals surface area contributed by atoms with Crippen molar-refractivity contribution < 1.29 is 9.18 Å². The lowest BCUT2D eigenvalue weighted by Crippen LogP contribution is -2.41. The lowest BCUT2D eigenvalue weighted by atomic mass is 9.94. The van der Waals surface area contributed by atoms with Crippen LogP contribution in [-0.4, -0.2) is 40.7 Å². The maximum absolute atomic E-state index is 13.4. The Bertz CT molecular complexity index is 905. The third-order valence-corrected chi connectivity index (χ3v) is 5.61. The molecule has 0 bridgehead atoms. The number of carbonyl (C=O) groups excluding carboxylic acids is 1. The van der Waals surface area contributed by atoms with E-state index in [1.165, 1.54) is 12.1 Å². The summed E-state index contributed by atoms with van der Waals surface area (Å²) in [6.07, 6.45) is 0.621. The van der Waals surface area contributed by atoms with Crippen molar-refractivity contribution in [2.75, 3.05) is 13.1 Å². The Balaban J connectivity index is 1.96. The minimum atomic E-state index is -0.276. The summed E-state index contributed by atoms with van der Waals surface area (Å²) in [5.74, 6) is -0.287. The maximum atomic E-state index is 13.4. The molecule has 1 aliphatic rings. The highest BCUT2D eigenvalue weighted by molar-refractivity contribution is 6.03. The van der Waals surface area contributed by atoms with E-state index in [-0.39, 0.29) is 23.8 Å². The number of hydrogen-bond donors (Lipinski definition) is 0. The molecule has 0 fully saturated rings. The van der Waals surface area contributed by atoms with Crippen LogP contribution >= 0.6 is 0 Å². The summed E-state index contributed by atoms with van der Waals surface area (Å²) in [7, 11) is 0. The number of rotatable bonds is 6. The zero-order valence-electron chi connectivity index (χ0n) is 17.9. The molecule has 0 saturated heterocycles. The number of nitrogens with zero attached hydrogens (tertiary/aromatic N) is 3. The largest absolute Gasteiger partial charge is 0.292 e. The first-order valence-electron chi connectivity index (χ1n) is 10.3. The van der Waals surface area contributed by atoms with Gasteiger partial charge in [0.05, 0.1) is 18.3 Å². The van der Waals surface area contributed by atoms with Crippen molar-refractivity contribution in [1.29, 1.82) is 0 Å². The molecule has 2 aromatic rings. The van der Waals surface area contributed by atoms with Crippen molar-refractivity contribution in [1.82, 2.24) is 9.91 Å². The summed E-state index contributed by atoms with van der Waals surface area (Å²) >= 11 is 0. The third-order valence-electron chi connectivity index (χ3n) is 5.61. The lowest BCUT2D eigenvalue weighted by Gasteiger charge is -2.29. The smallest absolute Gasteiger partial charge is 0.257 e. The summed E-state index contributed by atoms with van der Waals surface area (Å²) in [5, 5.41) is 6.36. The first-order chi connectivity index (χ1) is 13.8. The van der Waals surface area contributed by atoms with E-state index in [2.05, 4.69) is 57.7 Å². The Morgan fingerprint density at radius 1 is 1.21 bits per heavy atom. The SMILES string of the molecule is CCN(CC(=O)N1N=C(c2ccc(F)cc2)C[C@H]1c1cc(C)ccc1C)C(C)C. The second kappa shape index (κ2) is 8.87. The normalized spacial score (nSPS) is 16.6. The van der Waals surface area contributed by atoms with Gasteiger partial charge in [0.15, 0.2) is 0 Å². The molecule has 1 atom stereocenters. The Kier molecular flexibility index (Phi) is 6.48. The summed E-state index contributed by atoms with van der Waals surface area (Å²) in [4.78, 5) is 15.4. The van der Waals surface area contributed by atoms with E-state index in [0.29, 0.717) is 13.0 Å². The fourth-order valence-corrected chi connectivity index (χ4v) is 3.82. The van der Waals surface area contributed by atoms with Gasteiger partial charge in [0.1, 0.15) is 5.82 Å². The van der Waals surface area contributed by atoms with Gasteiger partial charge in [-0.05, 0) is 63.1 Å². The molecular formula is C24H30FN3O. The van der Waals surface area contributed by atoms with Gasteiger partial charge in [-0.15, -0.1) is 0 Å². The fraction of sp³-hybridized carbons (Fsp3) is 0.417. The molecule has 0 N–H and O–H groups in total. The zero-order valence-corrected chi connectivity index (χ0v) is 17.9. The van der Waals surface area contributed by atoms with Crippen LogP contribution in [0.25, 0.3) is 0 Å². The quantitative estimate of drug-likeness (QED) is 0.701. The van der Waals surface area contributed by atoms with Crippen molar-refractivity contribution in [3.63, 3.8) is 0 Å². The summed E-state index contributed by atoms with van der Waals surface area (Å²) in [6, 6.07) is 12.8. The standard InChI is InChI=1S/C24H30FN3O/c1-6-27(16(2)3)15-24(29)28-23(21-13-17(4)7-8-18(21)5)14-22(26-28)19-9-11-20(25)12-10-19/h7-13,16,23H,6,14-15H2,1-5H3/t23-/m0/s1. The predicted molar refractivity (Wildman–Crippen MR) is 115 cm³/mol. The van der Waals surface area contributed by atoms with Crippen molar-refractivity contribution in [2.24, 2.45) is 5.10 Å².